The van der Waals surface area contributed by atoms with E-state index in [1.165, 1.54) is 6.42 Å². The number of hydrogen-bond acceptors (Lipinski definition) is 3. The van der Waals surface area contributed by atoms with E-state index in [9.17, 15) is 9.59 Å². The maximum Gasteiger partial charge on any atom is 0.320 e. The van der Waals surface area contributed by atoms with Crippen molar-refractivity contribution >= 4 is 34.5 Å². The molecule has 0 aromatic heterocycles. The Morgan fingerprint density at radius 2 is 1.89 bits per heavy atom. The van der Waals surface area contributed by atoms with Crippen molar-refractivity contribution in [2.45, 2.75) is 51.0 Å². The topological polar surface area (TPSA) is 92.4 Å². The fourth-order valence-corrected chi connectivity index (χ4v) is 2.03. The zero-order chi connectivity index (χ0) is 13.8. The monoisotopic (exact) mass is 370 g/mol. The Bertz CT molecular complexity index is 249. The Labute approximate surface area is 122 Å². The van der Waals surface area contributed by atoms with Gasteiger partial charge in [-0.1, -0.05) is 29.0 Å². The Balaban J connectivity index is 3.32. The predicted octanol–water partition coefficient (Wildman–Crippen LogP) is 1.68. The van der Waals surface area contributed by atoms with Crippen LogP contribution in [-0.4, -0.2) is 34.0 Å². The summed E-state index contributed by atoms with van der Waals surface area (Å²) in [7, 11) is 0. The van der Waals surface area contributed by atoms with Crippen LogP contribution in [0.5, 0.6) is 0 Å². The number of alkyl halides is 1. The molecular weight excluding hydrogens is 347 g/mol. The van der Waals surface area contributed by atoms with Crippen molar-refractivity contribution in [3.8, 4) is 0 Å². The summed E-state index contributed by atoms with van der Waals surface area (Å²) in [4.78, 5) is 21.8. The number of halogens is 1. The zero-order valence-corrected chi connectivity index (χ0v) is 12.8. The number of carboxylic acids is 1. The molecule has 0 spiro atoms. The van der Waals surface area contributed by atoms with Gasteiger partial charge in [0.05, 0.1) is 0 Å². The van der Waals surface area contributed by atoms with Crippen molar-refractivity contribution in [3.63, 3.8) is 0 Å². The summed E-state index contributed by atoms with van der Waals surface area (Å²) in [5.41, 5.74) is 5.37. The third-order valence-electron chi connectivity index (χ3n) is 2.62. The van der Waals surface area contributed by atoms with E-state index in [0.29, 0.717) is 19.4 Å². The van der Waals surface area contributed by atoms with Crippen LogP contribution in [0.15, 0.2) is 0 Å². The molecule has 0 aliphatic heterocycles. The maximum atomic E-state index is 11.4. The van der Waals surface area contributed by atoms with Gasteiger partial charge in [-0.2, -0.15) is 0 Å². The summed E-state index contributed by atoms with van der Waals surface area (Å²) in [6, 6.07) is -0.783. The molecule has 0 rings (SSSR count). The first-order valence-corrected chi connectivity index (χ1v) is 7.91. The lowest BCUT2D eigenvalue weighted by molar-refractivity contribution is -0.138. The minimum atomic E-state index is -0.964. The molecule has 0 fully saturated rings. The molecule has 0 aliphatic rings. The van der Waals surface area contributed by atoms with Gasteiger partial charge in [-0.3, -0.25) is 9.59 Å². The van der Waals surface area contributed by atoms with Crippen LogP contribution in [0.3, 0.4) is 0 Å². The largest absolute Gasteiger partial charge is 0.480 e. The van der Waals surface area contributed by atoms with Gasteiger partial charge in [0.25, 0.3) is 0 Å². The Morgan fingerprint density at radius 3 is 2.50 bits per heavy atom. The minimum Gasteiger partial charge on any atom is -0.480 e. The highest BCUT2D eigenvalue weighted by molar-refractivity contribution is 14.1. The summed E-state index contributed by atoms with van der Waals surface area (Å²) >= 11 is 2.33. The van der Waals surface area contributed by atoms with Gasteiger partial charge in [-0.25, -0.2) is 0 Å². The average Bonchev–Trinajstić information content (AvgIpc) is 2.33. The first-order chi connectivity index (χ1) is 8.57. The highest BCUT2D eigenvalue weighted by Crippen LogP contribution is 2.02. The van der Waals surface area contributed by atoms with E-state index in [0.717, 1.165) is 30.1 Å². The Hall–Kier alpha value is -0.370. The molecule has 0 aromatic carbocycles. The molecule has 0 heterocycles. The number of amides is 1. The van der Waals surface area contributed by atoms with Crippen molar-refractivity contribution < 1.29 is 14.7 Å². The average molecular weight is 370 g/mol. The standard InChI is InChI=1S/C12H23IN2O3/c13-8-4-1-2-7-11(16)15-9-5-3-6-10(14)12(17)18/h10H,1-9,14H2,(H,15,16)(H,17,18)/t10-/m0/s1. The van der Waals surface area contributed by atoms with Gasteiger partial charge in [-0.05, 0) is 36.5 Å². The summed E-state index contributed by atoms with van der Waals surface area (Å²) in [6.45, 7) is 0.609. The van der Waals surface area contributed by atoms with E-state index in [-0.39, 0.29) is 5.91 Å². The highest BCUT2D eigenvalue weighted by atomic mass is 127. The van der Waals surface area contributed by atoms with Gasteiger partial charge in [0.1, 0.15) is 6.04 Å². The van der Waals surface area contributed by atoms with Crippen molar-refractivity contribution in [1.29, 1.82) is 0 Å². The lowest BCUT2D eigenvalue weighted by atomic mass is 10.1. The number of carbonyl (C=O) groups is 2. The zero-order valence-electron chi connectivity index (χ0n) is 10.7. The van der Waals surface area contributed by atoms with Crippen LogP contribution in [0.4, 0.5) is 0 Å². The number of hydrogen-bond donors (Lipinski definition) is 3. The van der Waals surface area contributed by atoms with Crippen LogP contribution < -0.4 is 11.1 Å². The number of unbranched alkanes of at least 4 members (excludes halogenated alkanes) is 3. The number of aliphatic carboxylic acids is 1. The quantitative estimate of drug-likeness (QED) is 0.293. The molecule has 0 unspecified atom stereocenters. The van der Waals surface area contributed by atoms with Gasteiger partial charge >= 0.3 is 5.97 Å². The Kier molecular flexibility index (Phi) is 11.5. The Morgan fingerprint density at radius 1 is 1.17 bits per heavy atom. The predicted molar refractivity (Wildman–Crippen MR) is 79.8 cm³/mol. The number of nitrogens with one attached hydrogen (secondary N) is 1. The maximum absolute atomic E-state index is 11.4. The van der Waals surface area contributed by atoms with Crippen LogP contribution in [0.25, 0.3) is 0 Å². The minimum absolute atomic E-state index is 0.0889. The molecule has 1 amide bonds. The molecule has 0 saturated heterocycles. The molecule has 1 atom stereocenters. The third-order valence-corrected chi connectivity index (χ3v) is 3.38. The summed E-state index contributed by atoms with van der Waals surface area (Å²) in [5, 5.41) is 11.4. The lowest BCUT2D eigenvalue weighted by Gasteiger charge is -2.07. The van der Waals surface area contributed by atoms with E-state index >= 15 is 0 Å². The number of nitrogens with two attached hydrogens (primary N) is 1. The molecule has 106 valence electrons. The van der Waals surface area contributed by atoms with Gasteiger partial charge in [0.15, 0.2) is 0 Å². The molecule has 0 saturated carbocycles. The van der Waals surface area contributed by atoms with Crippen LogP contribution in [0.1, 0.15) is 44.9 Å². The third kappa shape index (κ3) is 10.8. The van der Waals surface area contributed by atoms with Crippen molar-refractivity contribution in [2.75, 3.05) is 11.0 Å². The molecule has 0 bridgehead atoms. The normalized spacial score (nSPS) is 12.1. The second-order valence-electron chi connectivity index (χ2n) is 4.29. The molecule has 6 heteroatoms. The molecule has 0 radical (unpaired) electrons. The van der Waals surface area contributed by atoms with E-state index in [1.54, 1.807) is 0 Å². The number of carboxylic acid groups (broad SMARTS) is 1. The van der Waals surface area contributed by atoms with Crippen LogP contribution in [-0.2, 0) is 9.59 Å². The fraction of sp³-hybridized carbons (Fsp3) is 0.833. The van der Waals surface area contributed by atoms with Gasteiger partial charge in [0.2, 0.25) is 5.91 Å². The SMILES string of the molecule is N[C@@H](CCCCNC(=O)CCCCCI)C(=O)O. The van der Waals surface area contributed by atoms with E-state index in [2.05, 4.69) is 27.9 Å². The van der Waals surface area contributed by atoms with Gasteiger partial charge in [-0.15, -0.1) is 0 Å². The van der Waals surface area contributed by atoms with Crippen LogP contribution in [0, 0.1) is 0 Å². The van der Waals surface area contributed by atoms with E-state index < -0.39 is 12.0 Å². The van der Waals surface area contributed by atoms with Crippen molar-refractivity contribution in [3.05, 3.63) is 0 Å². The van der Waals surface area contributed by atoms with Crippen LogP contribution in [0.2, 0.25) is 0 Å². The van der Waals surface area contributed by atoms with E-state index in [1.807, 2.05) is 0 Å². The molecule has 5 nitrogen and oxygen atoms in total. The summed E-state index contributed by atoms with van der Waals surface area (Å²) in [5.74, 6) is -0.875. The van der Waals surface area contributed by atoms with Crippen molar-refractivity contribution in [2.24, 2.45) is 5.73 Å². The molecule has 0 aliphatic carbocycles. The molecule has 4 N–H and O–H groups in total. The van der Waals surface area contributed by atoms with Gasteiger partial charge < -0.3 is 16.2 Å². The first-order valence-electron chi connectivity index (χ1n) is 6.39. The highest BCUT2D eigenvalue weighted by Gasteiger charge is 2.10. The second-order valence-corrected chi connectivity index (χ2v) is 5.37. The number of rotatable bonds is 11. The van der Waals surface area contributed by atoms with Crippen molar-refractivity contribution in [1.82, 2.24) is 5.32 Å². The summed E-state index contributed by atoms with van der Waals surface area (Å²) < 4.78 is 1.14. The van der Waals surface area contributed by atoms with Gasteiger partial charge in [0, 0.05) is 13.0 Å². The fourth-order valence-electron chi connectivity index (χ4n) is 1.49. The lowest BCUT2D eigenvalue weighted by Crippen LogP contribution is -2.30. The first kappa shape index (κ1) is 17.6. The molecule has 0 aromatic rings. The van der Waals surface area contributed by atoms with E-state index in [4.69, 9.17) is 10.8 Å². The summed E-state index contributed by atoms with van der Waals surface area (Å²) in [6.07, 6.45) is 5.76. The number of carbonyl (C=O) groups excluding carboxylic acids is 1. The van der Waals surface area contributed by atoms with Crippen LogP contribution >= 0.6 is 22.6 Å². The molecular formula is C12H23IN2O3. The smallest absolute Gasteiger partial charge is 0.320 e. The molecule has 18 heavy (non-hydrogen) atoms. The second kappa shape index (κ2) is 11.7.